The molecule has 0 saturated carbocycles. The van der Waals surface area contributed by atoms with E-state index in [2.05, 4.69) is 20.9 Å². The molecule has 0 spiro atoms. The molecule has 1 heterocycles. The Morgan fingerprint density at radius 1 is 1.16 bits per heavy atom. The third-order valence-corrected chi connectivity index (χ3v) is 4.25. The number of carbonyl (C=O) groups is 2. The Kier molecular flexibility index (Phi) is 7.21. The lowest BCUT2D eigenvalue weighted by atomic mass is 10.1. The van der Waals surface area contributed by atoms with Crippen LogP contribution in [0.3, 0.4) is 0 Å². The molecule has 0 atom stereocenters. The maximum Gasteiger partial charge on any atom is 0.407 e. The minimum Gasteiger partial charge on any atom is -0.448 e. The molecule has 3 N–H and O–H groups in total. The van der Waals surface area contributed by atoms with Gasteiger partial charge in [0, 0.05) is 23.5 Å². The summed E-state index contributed by atoms with van der Waals surface area (Å²) in [4.78, 5) is 27.8. The van der Waals surface area contributed by atoms with Crippen molar-refractivity contribution in [1.29, 1.82) is 5.26 Å². The maximum atomic E-state index is 12.4. The number of urea groups is 1. The molecule has 3 aromatic rings. The van der Waals surface area contributed by atoms with E-state index in [-0.39, 0.29) is 19.6 Å². The largest absolute Gasteiger partial charge is 0.448 e. The van der Waals surface area contributed by atoms with Gasteiger partial charge in [-0.25, -0.2) is 14.6 Å². The second-order valence-corrected chi connectivity index (χ2v) is 6.57. The number of carbonyl (C=O) groups excluding carboxylic acids is 2. The van der Waals surface area contributed by atoms with Gasteiger partial charge < -0.3 is 25.1 Å². The number of hydrogen-bond donors (Lipinski definition) is 3. The molecule has 0 unspecified atom stereocenters. The number of rotatable bonds is 7. The van der Waals surface area contributed by atoms with Crippen molar-refractivity contribution in [2.75, 3.05) is 17.2 Å². The van der Waals surface area contributed by atoms with E-state index in [9.17, 15) is 9.59 Å². The first-order valence-corrected chi connectivity index (χ1v) is 9.49. The molecule has 0 aliphatic heterocycles. The smallest absolute Gasteiger partial charge is 0.407 e. The molecule has 2 aromatic carbocycles. The van der Waals surface area contributed by atoms with Gasteiger partial charge >= 0.3 is 12.1 Å². The standard InChI is InChI=1S/C22H21N5O4/c1-15-10-18(6-7-19(15)20-13-24-14-31-20)27-21(28)26-17-5-2-4-16(11-17)12-25-22(29)30-9-3-8-23/h2,4-7,10-11,13-14H,3,9,12H2,1H3,(H,25,29)(H2,26,27,28). The van der Waals surface area contributed by atoms with Gasteiger partial charge in [0.05, 0.1) is 18.7 Å². The Bertz CT molecular complexity index is 1090. The van der Waals surface area contributed by atoms with Crippen LogP contribution in [0.1, 0.15) is 17.5 Å². The number of nitrogens with zero attached hydrogens (tertiary/aromatic N) is 2. The number of nitriles is 1. The predicted molar refractivity (Wildman–Crippen MR) is 114 cm³/mol. The topological polar surface area (TPSA) is 129 Å². The van der Waals surface area contributed by atoms with Crippen LogP contribution in [0.2, 0.25) is 0 Å². The lowest BCUT2D eigenvalue weighted by Gasteiger charge is -2.11. The van der Waals surface area contributed by atoms with Gasteiger partial charge in [0.2, 0.25) is 0 Å². The summed E-state index contributed by atoms with van der Waals surface area (Å²) in [6.07, 6.45) is 2.55. The molecule has 1 aromatic heterocycles. The molecule has 31 heavy (non-hydrogen) atoms. The van der Waals surface area contributed by atoms with Crippen molar-refractivity contribution in [2.45, 2.75) is 19.9 Å². The molecule has 0 fully saturated rings. The van der Waals surface area contributed by atoms with Crippen molar-refractivity contribution in [3.63, 3.8) is 0 Å². The minimum absolute atomic E-state index is 0.0446. The second-order valence-electron chi connectivity index (χ2n) is 6.57. The van der Waals surface area contributed by atoms with Gasteiger partial charge in [-0.2, -0.15) is 5.26 Å². The molecule has 3 rings (SSSR count). The van der Waals surface area contributed by atoms with Gasteiger partial charge in [-0.15, -0.1) is 0 Å². The van der Waals surface area contributed by atoms with E-state index in [1.165, 1.54) is 6.39 Å². The summed E-state index contributed by atoms with van der Waals surface area (Å²) >= 11 is 0. The third-order valence-electron chi connectivity index (χ3n) is 4.25. The van der Waals surface area contributed by atoms with Crippen LogP contribution in [-0.4, -0.2) is 23.7 Å². The third kappa shape index (κ3) is 6.33. The number of alkyl carbamates (subject to hydrolysis) is 1. The Labute approximate surface area is 179 Å². The highest BCUT2D eigenvalue weighted by Gasteiger charge is 2.09. The Hall–Kier alpha value is -4.32. The number of amides is 3. The van der Waals surface area contributed by atoms with Gasteiger partial charge in [0.25, 0.3) is 0 Å². The Morgan fingerprint density at radius 3 is 2.68 bits per heavy atom. The van der Waals surface area contributed by atoms with Gasteiger partial charge in [0.1, 0.15) is 6.61 Å². The zero-order valence-corrected chi connectivity index (χ0v) is 16.8. The number of benzene rings is 2. The monoisotopic (exact) mass is 419 g/mol. The molecule has 158 valence electrons. The molecular formula is C22H21N5O4. The lowest BCUT2D eigenvalue weighted by molar-refractivity contribution is 0.148. The summed E-state index contributed by atoms with van der Waals surface area (Å²) in [7, 11) is 0. The van der Waals surface area contributed by atoms with E-state index < -0.39 is 12.1 Å². The number of aryl methyl sites for hydroxylation is 1. The Morgan fingerprint density at radius 2 is 1.97 bits per heavy atom. The first kappa shape index (κ1) is 21.4. The van der Waals surface area contributed by atoms with E-state index in [1.807, 2.05) is 31.2 Å². The van der Waals surface area contributed by atoms with Crippen LogP contribution in [0.4, 0.5) is 21.0 Å². The summed E-state index contributed by atoms with van der Waals surface area (Å²) in [6.45, 7) is 2.19. The van der Waals surface area contributed by atoms with Gasteiger partial charge in [-0.3, -0.25) is 0 Å². The number of ether oxygens (including phenoxy) is 1. The number of nitrogens with one attached hydrogen (secondary N) is 3. The second kappa shape index (κ2) is 10.5. The van der Waals surface area contributed by atoms with Crippen LogP contribution >= 0.6 is 0 Å². The van der Waals surface area contributed by atoms with E-state index in [4.69, 9.17) is 14.4 Å². The van der Waals surface area contributed by atoms with E-state index in [0.717, 1.165) is 16.7 Å². The van der Waals surface area contributed by atoms with Gasteiger partial charge in [-0.1, -0.05) is 12.1 Å². The number of aromatic nitrogens is 1. The zero-order valence-electron chi connectivity index (χ0n) is 16.8. The van der Waals surface area contributed by atoms with Gasteiger partial charge in [0.15, 0.2) is 12.2 Å². The van der Waals surface area contributed by atoms with Crippen LogP contribution < -0.4 is 16.0 Å². The predicted octanol–water partition coefficient (Wildman–Crippen LogP) is 4.43. The summed E-state index contributed by atoms with van der Waals surface area (Å²) in [5.41, 5.74) is 3.82. The molecule has 0 bridgehead atoms. The SMILES string of the molecule is Cc1cc(NC(=O)Nc2cccc(CNC(=O)OCCC#N)c2)ccc1-c1cnco1. The Balaban J connectivity index is 1.54. The average molecular weight is 419 g/mol. The molecular weight excluding hydrogens is 398 g/mol. The maximum absolute atomic E-state index is 12.4. The van der Waals surface area contributed by atoms with Crippen LogP contribution in [0.15, 0.2) is 59.5 Å². The average Bonchev–Trinajstić information content (AvgIpc) is 3.27. The highest BCUT2D eigenvalue weighted by molar-refractivity contribution is 6.00. The lowest BCUT2D eigenvalue weighted by Crippen LogP contribution is -2.24. The van der Waals surface area contributed by atoms with Crippen LogP contribution in [0.5, 0.6) is 0 Å². The van der Waals surface area contributed by atoms with Gasteiger partial charge in [-0.05, 0) is 48.4 Å². The van der Waals surface area contributed by atoms with Crippen molar-refractivity contribution in [2.24, 2.45) is 0 Å². The molecule has 0 radical (unpaired) electrons. The fourth-order valence-corrected chi connectivity index (χ4v) is 2.83. The zero-order chi connectivity index (χ0) is 22.1. The molecule has 9 nitrogen and oxygen atoms in total. The van der Waals surface area contributed by atoms with E-state index in [0.29, 0.717) is 17.1 Å². The van der Waals surface area contributed by atoms with E-state index >= 15 is 0 Å². The fourth-order valence-electron chi connectivity index (χ4n) is 2.83. The summed E-state index contributed by atoms with van der Waals surface area (Å²) < 4.78 is 10.2. The first-order chi connectivity index (χ1) is 15.0. The highest BCUT2D eigenvalue weighted by Crippen LogP contribution is 2.25. The highest BCUT2D eigenvalue weighted by atomic mass is 16.5. The van der Waals surface area contributed by atoms with Crippen molar-refractivity contribution >= 4 is 23.5 Å². The fraction of sp³-hybridized carbons (Fsp3) is 0.182. The van der Waals surface area contributed by atoms with E-state index in [1.54, 1.807) is 30.5 Å². The number of oxazole rings is 1. The van der Waals surface area contributed by atoms with Crippen molar-refractivity contribution in [1.82, 2.24) is 10.3 Å². The number of hydrogen-bond acceptors (Lipinski definition) is 6. The minimum atomic E-state index is -0.601. The molecule has 9 heteroatoms. The van der Waals surface area contributed by atoms with Crippen LogP contribution in [-0.2, 0) is 11.3 Å². The summed E-state index contributed by atoms with van der Waals surface area (Å²) in [5.74, 6) is 0.660. The molecule has 3 amide bonds. The van der Waals surface area contributed by atoms with Crippen LogP contribution in [0.25, 0.3) is 11.3 Å². The quantitative estimate of drug-likeness (QED) is 0.486. The van der Waals surface area contributed by atoms with Crippen molar-refractivity contribution in [3.05, 3.63) is 66.2 Å². The first-order valence-electron chi connectivity index (χ1n) is 9.49. The van der Waals surface area contributed by atoms with Crippen LogP contribution in [0, 0.1) is 18.3 Å². The van der Waals surface area contributed by atoms with Crippen molar-refractivity contribution < 1.29 is 18.7 Å². The summed E-state index contributed by atoms with van der Waals surface area (Å²) in [5, 5.41) is 16.6. The number of anilines is 2. The normalized spacial score (nSPS) is 10.1. The molecule has 0 aliphatic carbocycles. The van der Waals surface area contributed by atoms with Crippen molar-refractivity contribution in [3.8, 4) is 17.4 Å². The summed E-state index contributed by atoms with van der Waals surface area (Å²) in [6, 6.07) is 14.0. The molecule has 0 saturated heterocycles. The molecule has 0 aliphatic rings.